The van der Waals surface area contributed by atoms with Crippen LogP contribution in [0.5, 0.6) is 0 Å². The summed E-state index contributed by atoms with van der Waals surface area (Å²) in [5.41, 5.74) is 10.8. The van der Waals surface area contributed by atoms with Crippen LogP contribution in [0.25, 0.3) is 101 Å². The molecule has 0 aliphatic rings. The minimum atomic E-state index is 0.576. The molecule has 52 heavy (non-hydrogen) atoms. The number of nitrogens with zero attached hydrogens (tertiary/aromatic N) is 4. The van der Waals surface area contributed by atoms with Gasteiger partial charge in [0.05, 0.1) is 0 Å². The summed E-state index contributed by atoms with van der Waals surface area (Å²) in [6.07, 6.45) is 0. The van der Waals surface area contributed by atoms with Gasteiger partial charge in [-0.2, -0.15) is 0 Å². The van der Waals surface area contributed by atoms with Gasteiger partial charge in [0, 0.05) is 39.1 Å². The summed E-state index contributed by atoms with van der Waals surface area (Å²) in [5.74, 6) is 2.37. The topological polar surface area (TPSA) is 77.8 Å². The van der Waals surface area contributed by atoms with Crippen LogP contribution in [-0.2, 0) is 0 Å². The van der Waals surface area contributed by atoms with Crippen LogP contribution < -0.4 is 0 Å². The molecular formula is C46H28N4O2. The van der Waals surface area contributed by atoms with E-state index in [1.165, 1.54) is 0 Å². The lowest BCUT2D eigenvalue weighted by Crippen LogP contribution is -2.01. The second-order valence-electron chi connectivity index (χ2n) is 12.6. The maximum atomic E-state index is 6.46. The first-order chi connectivity index (χ1) is 25.7. The van der Waals surface area contributed by atoms with E-state index in [1.54, 1.807) is 0 Å². The van der Waals surface area contributed by atoms with E-state index in [-0.39, 0.29) is 0 Å². The molecule has 0 amide bonds. The summed E-state index contributed by atoms with van der Waals surface area (Å²) in [6, 6.07) is 57.1. The first-order valence-corrected chi connectivity index (χ1v) is 17.1. The van der Waals surface area contributed by atoms with Gasteiger partial charge >= 0.3 is 0 Å². The molecule has 0 unspecified atom stereocenters. The minimum Gasteiger partial charge on any atom is -0.456 e. The molecule has 10 rings (SSSR count). The number of oxazole rings is 1. The maximum absolute atomic E-state index is 6.46. The number of hydrogen-bond donors (Lipinski definition) is 0. The van der Waals surface area contributed by atoms with Gasteiger partial charge in [0.25, 0.3) is 0 Å². The maximum Gasteiger partial charge on any atom is 0.227 e. The monoisotopic (exact) mass is 668 g/mol. The van der Waals surface area contributed by atoms with Gasteiger partial charge in [0.15, 0.2) is 23.1 Å². The van der Waals surface area contributed by atoms with Gasteiger partial charge in [-0.05, 0) is 52.6 Å². The van der Waals surface area contributed by atoms with E-state index in [0.717, 1.165) is 72.0 Å². The predicted octanol–water partition coefficient (Wildman–Crippen LogP) is 11.9. The number of benzene rings is 7. The Morgan fingerprint density at radius 2 is 0.904 bits per heavy atom. The molecule has 0 spiro atoms. The Labute approximate surface area is 298 Å². The van der Waals surface area contributed by atoms with Crippen molar-refractivity contribution in [3.8, 4) is 67.9 Å². The highest BCUT2D eigenvalue weighted by Crippen LogP contribution is 2.42. The molecule has 0 bridgehead atoms. The molecule has 10 aromatic rings. The van der Waals surface area contributed by atoms with Gasteiger partial charge in [-0.15, -0.1) is 0 Å². The van der Waals surface area contributed by atoms with Gasteiger partial charge in [0.2, 0.25) is 5.89 Å². The Morgan fingerprint density at radius 3 is 1.67 bits per heavy atom. The van der Waals surface area contributed by atoms with Crippen LogP contribution in [-0.4, -0.2) is 19.9 Å². The largest absolute Gasteiger partial charge is 0.456 e. The van der Waals surface area contributed by atoms with Crippen molar-refractivity contribution in [2.45, 2.75) is 0 Å². The number of furan rings is 1. The summed E-state index contributed by atoms with van der Waals surface area (Å²) in [4.78, 5) is 20.1. The van der Waals surface area contributed by atoms with Crippen LogP contribution in [0.3, 0.4) is 0 Å². The third kappa shape index (κ3) is 5.22. The molecule has 6 nitrogen and oxygen atoms in total. The zero-order chi connectivity index (χ0) is 34.4. The zero-order valence-corrected chi connectivity index (χ0v) is 27.8. The average molecular weight is 669 g/mol. The standard InChI is InChI=1S/C46H28N4O2/c1-4-14-29(15-5-1)32-20-12-21-33(26-32)44-48-43(30-16-6-2-7-17-30)49-45(50-44)36-23-11-10-22-34(36)35-24-13-25-39-42(35)37-27-38-41(28-40(37)51-39)52-46(47-38)31-18-8-3-9-19-31/h1-28H. The van der Waals surface area contributed by atoms with Crippen molar-refractivity contribution in [3.05, 3.63) is 170 Å². The Kier molecular flexibility index (Phi) is 7.03. The molecule has 0 saturated carbocycles. The van der Waals surface area contributed by atoms with Crippen molar-refractivity contribution < 1.29 is 8.83 Å². The fraction of sp³-hybridized carbons (Fsp3) is 0. The summed E-state index contributed by atoms with van der Waals surface area (Å²) in [6.45, 7) is 0. The molecule has 244 valence electrons. The number of fused-ring (bicyclic) bond motifs is 4. The molecular weight excluding hydrogens is 641 g/mol. The molecule has 0 atom stereocenters. The van der Waals surface area contributed by atoms with E-state index in [0.29, 0.717) is 28.9 Å². The molecule has 0 fully saturated rings. The van der Waals surface area contributed by atoms with E-state index < -0.39 is 0 Å². The van der Waals surface area contributed by atoms with Gasteiger partial charge < -0.3 is 8.83 Å². The fourth-order valence-electron chi connectivity index (χ4n) is 6.90. The second kappa shape index (κ2) is 12.3. The van der Waals surface area contributed by atoms with E-state index in [2.05, 4.69) is 60.7 Å². The Balaban J connectivity index is 1.15. The van der Waals surface area contributed by atoms with Crippen LogP contribution in [0.15, 0.2) is 179 Å². The lowest BCUT2D eigenvalue weighted by Gasteiger charge is -2.13. The van der Waals surface area contributed by atoms with E-state index in [1.807, 2.05) is 109 Å². The van der Waals surface area contributed by atoms with Crippen molar-refractivity contribution in [3.63, 3.8) is 0 Å². The van der Waals surface area contributed by atoms with E-state index in [9.17, 15) is 0 Å². The van der Waals surface area contributed by atoms with Crippen molar-refractivity contribution >= 4 is 33.0 Å². The van der Waals surface area contributed by atoms with Crippen LogP contribution in [0, 0.1) is 0 Å². The average Bonchev–Trinajstić information content (AvgIpc) is 3.81. The highest BCUT2D eigenvalue weighted by molar-refractivity contribution is 6.15. The number of aromatic nitrogens is 4. The molecule has 0 aliphatic carbocycles. The molecule has 0 saturated heterocycles. The van der Waals surface area contributed by atoms with Crippen LogP contribution in [0.1, 0.15) is 0 Å². The molecule has 3 aromatic heterocycles. The predicted molar refractivity (Wildman–Crippen MR) is 207 cm³/mol. The van der Waals surface area contributed by atoms with E-state index >= 15 is 0 Å². The first kappa shape index (κ1) is 29.7. The fourth-order valence-corrected chi connectivity index (χ4v) is 6.90. The van der Waals surface area contributed by atoms with Crippen molar-refractivity contribution in [1.82, 2.24) is 19.9 Å². The molecule has 0 aliphatic heterocycles. The zero-order valence-electron chi connectivity index (χ0n) is 27.8. The number of hydrogen-bond acceptors (Lipinski definition) is 6. The smallest absolute Gasteiger partial charge is 0.227 e. The quantitative estimate of drug-likeness (QED) is 0.175. The lowest BCUT2D eigenvalue weighted by atomic mass is 9.95. The Bertz CT molecular complexity index is 2900. The highest BCUT2D eigenvalue weighted by Gasteiger charge is 2.20. The van der Waals surface area contributed by atoms with Gasteiger partial charge in [0.1, 0.15) is 16.7 Å². The molecule has 3 heterocycles. The number of rotatable bonds is 6. The molecule has 0 radical (unpaired) electrons. The summed E-state index contributed by atoms with van der Waals surface area (Å²) in [5, 5.41) is 1.95. The van der Waals surface area contributed by atoms with Crippen molar-refractivity contribution in [1.29, 1.82) is 0 Å². The third-order valence-electron chi connectivity index (χ3n) is 9.38. The first-order valence-electron chi connectivity index (χ1n) is 17.1. The van der Waals surface area contributed by atoms with E-state index in [4.69, 9.17) is 28.8 Å². The molecule has 7 aromatic carbocycles. The second-order valence-corrected chi connectivity index (χ2v) is 12.6. The SMILES string of the molecule is c1ccc(-c2cccc(-c3nc(-c4ccccc4)nc(-c4ccccc4-c4cccc5oc6cc7oc(-c8ccccc8)nc7cc6c45)n3)c2)cc1. The summed E-state index contributed by atoms with van der Waals surface area (Å²) >= 11 is 0. The third-order valence-corrected chi connectivity index (χ3v) is 9.38. The van der Waals surface area contributed by atoms with Crippen LogP contribution in [0.4, 0.5) is 0 Å². The minimum absolute atomic E-state index is 0.576. The van der Waals surface area contributed by atoms with Crippen molar-refractivity contribution in [2.75, 3.05) is 0 Å². The highest BCUT2D eigenvalue weighted by atomic mass is 16.4. The van der Waals surface area contributed by atoms with Gasteiger partial charge in [-0.3, -0.25) is 0 Å². The Morgan fingerprint density at radius 1 is 0.327 bits per heavy atom. The Hall–Kier alpha value is -7.18. The van der Waals surface area contributed by atoms with Crippen molar-refractivity contribution in [2.24, 2.45) is 0 Å². The summed E-state index contributed by atoms with van der Waals surface area (Å²) < 4.78 is 12.6. The normalized spacial score (nSPS) is 11.5. The molecule has 6 heteroatoms. The summed E-state index contributed by atoms with van der Waals surface area (Å²) in [7, 11) is 0. The lowest BCUT2D eigenvalue weighted by molar-refractivity contribution is 0.617. The van der Waals surface area contributed by atoms with Gasteiger partial charge in [-0.1, -0.05) is 133 Å². The van der Waals surface area contributed by atoms with Crippen LogP contribution >= 0.6 is 0 Å². The molecule has 0 N–H and O–H groups in total. The van der Waals surface area contributed by atoms with Gasteiger partial charge in [-0.25, -0.2) is 19.9 Å². The van der Waals surface area contributed by atoms with Crippen LogP contribution in [0.2, 0.25) is 0 Å².